The van der Waals surface area contributed by atoms with Gasteiger partial charge in [-0.1, -0.05) is 32.1 Å². The van der Waals surface area contributed by atoms with Gasteiger partial charge in [0.25, 0.3) is 5.91 Å². The monoisotopic (exact) mass is 547 g/mol. The van der Waals surface area contributed by atoms with Crippen LogP contribution in [0, 0.1) is 5.82 Å². The maximum atomic E-state index is 13.6. The number of carbonyl (C=O) groups excluding carboxylic acids is 2. The number of carbonyl (C=O) groups is 2. The Hall–Kier alpha value is -3.02. The first kappa shape index (κ1) is 32.2. The van der Waals surface area contributed by atoms with Crippen LogP contribution in [0.1, 0.15) is 59.9 Å². The van der Waals surface area contributed by atoms with Crippen molar-refractivity contribution in [3.05, 3.63) is 82.9 Å². The minimum Gasteiger partial charge on any atom is -0.550 e. The normalized spacial score (nSPS) is 12.7. The first-order chi connectivity index (χ1) is 18.1. The molecule has 0 saturated carbocycles. The Bertz CT molecular complexity index is 1290. The van der Waals surface area contributed by atoms with Gasteiger partial charge in [-0.05, 0) is 54.0 Å². The summed E-state index contributed by atoms with van der Waals surface area (Å²) in [5.74, 6) is -1.78. The number of amides is 1. The Morgan fingerprint density at radius 3 is 2.49 bits per heavy atom. The van der Waals surface area contributed by atoms with Gasteiger partial charge in [0.05, 0.1) is 30.7 Å². The first-order valence-corrected chi connectivity index (χ1v) is 12.1. The first-order valence-electron chi connectivity index (χ1n) is 12.1. The van der Waals surface area contributed by atoms with Crippen molar-refractivity contribution >= 4 is 18.0 Å². The smallest absolute Gasteiger partial charge is 0.550 e. The number of hydrogen-bond acceptors (Lipinski definition) is 7. The summed E-state index contributed by atoms with van der Waals surface area (Å²) in [6.45, 7) is 4.02. The summed E-state index contributed by atoms with van der Waals surface area (Å²) in [7, 11) is 1.56. The zero-order chi connectivity index (χ0) is 27.8. The van der Waals surface area contributed by atoms with Crippen molar-refractivity contribution in [2.24, 2.45) is 0 Å². The molecule has 1 aromatic heterocycles. The minimum absolute atomic E-state index is 0. The molecule has 0 aliphatic heterocycles. The summed E-state index contributed by atoms with van der Waals surface area (Å²) < 4.78 is 20.3. The van der Waals surface area contributed by atoms with Gasteiger partial charge in [0.1, 0.15) is 11.6 Å². The van der Waals surface area contributed by atoms with Gasteiger partial charge in [-0.15, -0.1) is 0 Å². The average Bonchev–Trinajstić information content (AvgIpc) is 3.26. The van der Waals surface area contributed by atoms with Gasteiger partial charge < -0.3 is 30.2 Å². The van der Waals surface area contributed by atoms with E-state index in [4.69, 9.17) is 4.74 Å². The molecule has 2 atom stereocenters. The number of hydrogen-bond donors (Lipinski definition) is 3. The van der Waals surface area contributed by atoms with Crippen molar-refractivity contribution in [1.82, 2.24) is 15.1 Å². The van der Waals surface area contributed by atoms with E-state index in [1.54, 1.807) is 19.3 Å². The molecule has 9 nitrogen and oxygen atoms in total. The number of rotatable bonds is 12. The maximum Gasteiger partial charge on any atom is 1.00 e. The fourth-order valence-corrected chi connectivity index (χ4v) is 4.00. The Kier molecular flexibility index (Phi) is 12.3. The molecule has 0 aliphatic rings. The van der Waals surface area contributed by atoms with Crippen molar-refractivity contribution < 1.29 is 63.6 Å². The molecule has 0 saturated heterocycles. The fourth-order valence-electron chi connectivity index (χ4n) is 4.00. The van der Waals surface area contributed by atoms with E-state index in [2.05, 4.69) is 10.4 Å². The third-order valence-electron chi connectivity index (χ3n) is 5.80. The summed E-state index contributed by atoms with van der Waals surface area (Å²) in [5.41, 5.74) is 2.56. The van der Waals surface area contributed by atoms with Crippen LogP contribution in [0.2, 0.25) is 0 Å². The van der Waals surface area contributed by atoms with Crippen LogP contribution in [0.15, 0.2) is 54.6 Å². The van der Waals surface area contributed by atoms with Crippen molar-refractivity contribution in [1.29, 1.82) is 0 Å². The van der Waals surface area contributed by atoms with Crippen LogP contribution < -0.4 is 44.7 Å². The van der Waals surface area contributed by atoms with Crippen LogP contribution in [0.5, 0.6) is 5.75 Å². The zero-order valence-electron chi connectivity index (χ0n) is 22.4. The quantitative estimate of drug-likeness (QED) is 0.256. The zero-order valence-corrected chi connectivity index (χ0v) is 24.4. The van der Waals surface area contributed by atoms with Gasteiger partial charge in [0, 0.05) is 30.9 Å². The van der Waals surface area contributed by atoms with Crippen molar-refractivity contribution in [3.63, 3.8) is 0 Å². The van der Waals surface area contributed by atoms with Crippen LogP contribution in [0.3, 0.4) is 0 Å². The van der Waals surface area contributed by atoms with Crippen LogP contribution >= 0.6 is 0 Å². The van der Waals surface area contributed by atoms with Crippen LogP contribution in [-0.2, 0) is 11.3 Å². The number of aliphatic hydroxyl groups is 2. The molecule has 0 spiro atoms. The second kappa shape index (κ2) is 14.9. The Morgan fingerprint density at radius 2 is 1.87 bits per heavy atom. The summed E-state index contributed by atoms with van der Waals surface area (Å²) in [4.78, 5) is 24.0. The van der Waals surface area contributed by atoms with E-state index < -0.39 is 36.3 Å². The SMILES string of the molecule is COc1cccc(CNC(=O)c2nn(-c3ccc(F)cc3)c(C=C[C@H](O)C[C@@H](O)CC(=O)[O-])c2C(C)C)c1.[Na+]. The Balaban J connectivity index is 0.00000533. The molecule has 0 aliphatic carbocycles. The van der Waals surface area contributed by atoms with Crippen LogP contribution in [0.4, 0.5) is 4.39 Å². The molecule has 2 aromatic carbocycles. The molecule has 0 radical (unpaired) electrons. The van der Waals surface area contributed by atoms with E-state index in [0.29, 0.717) is 22.7 Å². The third-order valence-corrected chi connectivity index (χ3v) is 5.80. The fraction of sp³-hybridized carbons (Fsp3) is 0.321. The molecule has 11 heteroatoms. The van der Waals surface area contributed by atoms with Gasteiger partial charge in [-0.25, -0.2) is 9.07 Å². The molecule has 3 N–H and O–H groups in total. The number of aromatic nitrogens is 2. The third kappa shape index (κ3) is 9.01. The number of carboxylic acids is 1. The Labute approximate surface area is 248 Å². The molecule has 3 aromatic rings. The second-order valence-electron chi connectivity index (χ2n) is 9.12. The minimum atomic E-state index is -1.42. The molecule has 3 rings (SSSR count). The van der Waals surface area contributed by atoms with E-state index in [0.717, 1.165) is 5.56 Å². The molecular formula is C28H31FN3NaO6. The van der Waals surface area contributed by atoms with Crippen molar-refractivity contribution in [3.8, 4) is 11.4 Å². The number of nitrogens with one attached hydrogen (secondary N) is 1. The number of carboxylic acid groups (broad SMARTS) is 1. The number of aliphatic carboxylic acids is 1. The van der Waals surface area contributed by atoms with Crippen molar-refractivity contribution in [2.75, 3.05) is 7.11 Å². The molecule has 202 valence electrons. The molecule has 0 fully saturated rings. The number of methoxy groups -OCH3 is 1. The van der Waals surface area contributed by atoms with Crippen LogP contribution in [0.25, 0.3) is 11.8 Å². The predicted octanol–water partition coefficient (Wildman–Crippen LogP) is -0.657. The average molecular weight is 548 g/mol. The maximum absolute atomic E-state index is 13.6. The van der Waals surface area contributed by atoms with Gasteiger partial charge in [-0.2, -0.15) is 5.10 Å². The molecular weight excluding hydrogens is 516 g/mol. The molecule has 0 bridgehead atoms. The molecule has 1 amide bonds. The number of halogens is 1. The van der Waals surface area contributed by atoms with E-state index >= 15 is 0 Å². The van der Waals surface area contributed by atoms with E-state index in [1.807, 2.05) is 32.0 Å². The summed E-state index contributed by atoms with van der Waals surface area (Å²) in [6.07, 6.45) is -0.344. The summed E-state index contributed by atoms with van der Waals surface area (Å²) in [6, 6.07) is 12.9. The summed E-state index contributed by atoms with van der Waals surface area (Å²) >= 11 is 0. The number of ether oxygens (including phenoxy) is 1. The van der Waals surface area contributed by atoms with Gasteiger partial charge >= 0.3 is 29.6 Å². The van der Waals surface area contributed by atoms with Gasteiger partial charge in [0.15, 0.2) is 5.69 Å². The number of benzene rings is 2. The topological polar surface area (TPSA) is 137 Å². The molecule has 39 heavy (non-hydrogen) atoms. The van der Waals surface area contributed by atoms with E-state index in [-0.39, 0.29) is 54.1 Å². The van der Waals surface area contributed by atoms with Crippen molar-refractivity contribution in [2.45, 2.75) is 51.4 Å². The molecule has 0 unspecified atom stereocenters. The van der Waals surface area contributed by atoms with E-state index in [1.165, 1.54) is 35.0 Å². The molecule has 1 heterocycles. The standard InChI is InChI=1S/C28H32FN3O6.Na/c1-17(2)26-24(12-11-21(33)14-22(34)15-25(35)36)32(20-9-7-19(29)8-10-20)31-27(26)28(37)30-16-18-5-4-6-23(13-18)38-3;/h4-13,17,21-22,33-34H,14-16H2,1-3H3,(H,30,37)(H,35,36);/q;+1/p-1/t21-,22+;/m0./s1. The number of nitrogens with zero attached hydrogens (tertiary/aromatic N) is 2. The number of aliphatic hydroxyl groups excluding tert-OH is 2. The summed E-state index contributed by atoms with van der Waals surface area (Å²) in [5, 5.41) is 38.3. The largest absolute Gasteiger partial charge is 1.00 e. The second-order valence-corrected chi connectivity index (χ2v) is 9.12. The predicted molar refractivity (Wildman–Crippen MR) is 137 cm³/mol. The van der Waals surface area contributed by atoms with Gasteiger partial charge in [-0.3, -0.25) is 4.79 Å². The van der Waals surface area contributed by atoms with Gasteiger partial charge in [0.2, 0.25) is 0 Å². The van der Waals surface area contributed by atoms with E-state index in [9.17, 15) is 29.3 Å². The van der Waals surface area contributed by atoms with Crippen LogP contribution in [-0.4, -0.2) is 51.2 Å². The Morgan fingerprint density at radius 1 is 1.18 bits per heavy atom.